The SMILES string of the molecule is CCOC(=O)NC(=O)CN1C(=O)N[C@](C)(CCc2ccccc2)C1=O. The average molecular weight is 347 g/mol. The van der Waals surface area contributed by atoms with Gasteiger partial charge in [-0.2, -0.15) is 0 Å². The van der Waals surface area contributed by atoms with E-state index in [1.165, 1.54) is 0 Å². The zero-order valence-electron chi connectivity index (χ0n) is 14.2. The summed E-state index contributed by atoms with van der Waals surface area (Å²) in [6.45, 7) is 2.79. The molecule has 0 radical (unpaired) electrons. The second kappa shape index (κ2) is 7.78. The number of aryl methyl sites for hydroxylation is 1. The van der Waals surface area contributed by atoms with Gasteiger partial charge in [0, 0.05) is 0 Å². The van der Waals surface area contributed by atoms with Gasteiger partial charge in [-0.05, 0) is 32.3 Å². The van der Waals surface area contributed by atoms with Crippen molar-refractivity contribution >= 4 is 23.9 Å². The molecule has 134 valence electrons. The predicted octanol–water partition coefficient (Wildman–Crippen LogP) is 1.20. The van der Waals surface area contributed by atoms with Crippen molar-refractivity contribution in [1.82, 2.24) is 15.5 Å². The van der Waals surface area contributed by atoms with Gasteiger partial charge in [-0.1, -0.05) is 30.3 Å². The third-order valence-corrected chi connectivity index (χ3v) is 3.92. The highest BCUT2D eigenvalue weighted by Crippen LogP contribution is 2.23. The number of hydrogen-bond donors (Lipinski definition) is 2. The number of benzene rings is 1. The minimum atomic E-state index is -1.09. The van der Waals surface area contributed by atoms with Crippen LogP contribution in [-0.4, -0.2) is 47.5 Å². The topological polar surface area (TPSA) is 105 Å². The first kappa shape index (κ1) is 18.4. The monoisotopic (exact) mass is 347 g/mol. The molecular formula is C17H21N3O5. The molecule has 1 saturated heterocycles. The van der Waals surface area contributed by atoms with E-state index >= 15 is 0 Å². The summed E-state index contributed by atoms with van der Waals surface area (Å²) in [5.74, 6) is -1.28. The van der Waals surface area contributed by atoms with Gasteiger partial charge >= 0.3 is 12.1 Å². The number of alkyl carbamates (subject to hydrolysis) is 1. The van der Waals surface area contributed by atoms with Crippen molar-refractivity contribution in [3.63, 3.8) is 0 Å². The zero-order chi connectivity index (χ0) is 18.4. The predicted molar refractivity (Wildman–Crippen MR) is 88.6 cm³/mol. The fraction of sp³-hybridized carbons (Fsp3) is 0.412. The number of rotatable bonds is 6. The Bertz CT molecular complexity index is 676. The Morgan fingerprint density at radius 3 is 2.56 bits per heavy atom. The normalized spacial score (nSPS) is 19.5. The van der Waals surface area contributed by atoms with Gasteiger partial charge in [-0.15, -0.1) is 0 Å². The van der Waals surface area contributed by atoms with Gasteiger partial charge in [0.25, 0.3) is 5.91 Å². The molecule has 2 rings (SSSR count). The number of nitrogens with zero attached hydrogens (tertiary/aromatic N) is 1. The molecule has 1 aliphatic rings. The Hall–Kier alpha value is -2.90. The second-order valence-electron chi connectivity index (χ2n) is 5.91. The number of carbonyl (C=O) groups is 4. The van der Waals surface area contributed by atoms with Gasteiger partial charge in [0.2, 0.25) is 5.91 Å². The van der Waals surface area contributed by atoms with Crippen LogP contribution in [0.15, 0.2) is 30.3 Å². The number of ether oxygens (including phenoxy) is 1. The van der Waals surface area contributed by atoms with Crippen LogP contribution in [0.4, 0.5) is 9.59 Å². The van der Waals surface area contributed by atoms with Crippen LogP contribution >= 0.6 is 0 Å². The third-order valence-electron chi connectivity index (χ3n) is 3.92. The molecule has 8 nitrogen and oxygen atoms in total. The first-order valence-electron chi connectivity index (χ1n) is 8.00. The molecule has 1 aromatic carbocycles. The van der Waals surface area contributed by atoms with Crippen molar-refractivity contribution in [3.05, 3.63) is 35.9 Å². The lowest BCUT2D eigenvalue weighted by molar-refractivity contribution is -0.134. The Labute approximate surface area is 145 Å². The molecule has 1 atom stereocenters. The highest BCUT2D eigenvalue weighted by atomic mass is 16.5. The summed E-state index contributed by atoms with van der Waals surface area (Å²) < 4.78 is 4.58. The lowest BCUT2D eigenvalue weighted by atomic mass is 9.93. The zero-order valence-corrected chi connectivity index (χ0v) is 14.2. The van der Waals surface area contributed by atoms with Gasteiger partial charge in [-0.3, -0.25) is 19.8 Å². The van der Waals surface area contributed by atoms with Gasteiger partial charge < -0.3 is 10.1 Å². The van der Waals surface area contributed by atoms with E-state index in [1.54, 1.807) is 13.8 Å². The van der Waals surface area contributed by atoms with E-state index < -0.39 is 36.0 Å². The summed E-state index contributed by atoms with van der Waals surface area (Å²) in [4.78, 5) is 48.4. The maximum atomic E-state index is 12.6. The van der Waals surface area contributed by atoms with E-state index in [9.17, 15) is 19.2 Å². The molecule has 0 bridgehead atoms. The molecule has 5 amide bonds. The number of imide groups is 2. The van der Waals surface area contributed by atoms with Crippen LogP contribution in [0.5, 0.6) is 0 Å². The van der Waals surface area contributed by atoms with E-state index in [1.807, 2.05) is 35.6 Å². The summed E-state index contributed by atoms with van der Waals surface area (Å²) in [5.41, 5.74) is -0.0406. The van der Waals surface area contributed by atoms with Gasteiger partial charge in [0.15, 0.2) is 0 Å². The van der Waals surface area contributed by atoms with Crippen molar-refractivity contribution in [2.45, 2.75) is 32.2 Å². The maximum absolute atomic E-state index is 12.6. The van der Waals surface area contributed by atoms with Crippen molar-refractivity contribution in [1.29, 1.82) is 0 Å². The largest absolute Gasteiger partial charge is 0.450 e. The molecule has 1 aromatic rings. The number of amides is 5. The molecule has 1 aliphatic heterocycles. The van der Waals surface area contributed by atoms with Crippen molar-refractivity contribution in [2.75, 3.05) is 13.2 Å². The average Bonchev–Trinajstić information content (AvgIpc) is 2.78. The quantitative estimate of drug-likeness (QED) is 0.753. The highest BCUT2D eigenvalue weighted by Gasteiger charge is 2.47. The van der Waals surface area contributed by atoms with Crippen LogP contribution in [0.1, 0.15) is 25.8 Å². The van der Waals surface area contributed by atoms with Crippen molar-refractivity contribution in [2.24, 2.45) is 0 Å². The summed E-state index contributed by atoms with van der Waals surface area (Å²) in [7, 11) is 0. The van der Waals surface area contributed by atoms with E-state index in [2.05, 4.69) is 10.1 Å². The Morgan fingerprint density at radius 1 is 1.24 bits per heavy atom. The number of carbonyl (C=O) groups excluding carboxylic acids is 4. The standard InChI is InChI=1S/C17H21N3O5/c1-3-25-16(24)18-13(21)11-20-14(22)17(2,19-15(20)23)10-9-12-7-5-4-6-8-12/h4-8H,3,9-11H2,1-2H3,(H,19,23)(H,18,21,24)/t17-/m1/s1. The number of urea groups is 1. The van der Waals surface area contributed by atoms with Crippen LogP contribution in [0, 0.1) is 0 Å². The lowest BCUT2D eigenvalue weighted by Crippen LogP contribution is -2.46. The molecule has 0 unspecified atom stereocenters. The Kier molecular flexibility index (Phi) is 5.74. The molecule has 25 heavy (non-hydrogen) atoms. The molecule has 8 heteroatoms. The second-order valence-corrected chi connectivity index (χ2v) is 5.91. The highest BCUT2D eigenvalue weighted by molar-refractivity contribution is 6.09. The van der Waals surface area contributed by atoms with Crippen LogP contribution in [-0.2, 0) is 20.7 Å². The van der Waals surface area contributed by atoms with Crippen LogP contribution in [0.25, 0.3) is 0 Å². The van der Waals surface area contributed by atoms with Crippen molar-refractivity contribution < 1.29 is 23.9 Å². The fourth-order valence-electron chi connectivity index (χ4n) is 2.56. The maximum Gasteiger partial charge on any atom is 0.413 e. The molecule has 1 fully saturated rings. The summed E-state index contributed by atoms with van der Waals surface area (Å²) >= 11 is 0. The molecular weight excluding hydrogens is 326 g/mol. The molecule has 0 aromatic heterocycles. The first-order chi connectivity index (χ1) is 11.9. The first-order valence-corrected chi connectivity index (χ1v) is 8.00. The van der Waals surface area contributed by atoms with E-state index in [0.717, 1.165) is 10.5 Å². The lowest BCUT2D eigenvalue weighted by Gasteiger charge is -2.21. The number of hydrogen-bond acceptors (Lipinski definition) is 5. The molecule has 0 spiro atoms. The smallest absolute Gasteiger partial charge is 0.413 e. The van der Waals surface area contributed by atoms with E-state index in [4.69, 9.17) is 0 Å². The van der Waals surface area contributed by atoms with Crippen LogP contribution < -0.4 is 10.6 Å². The van der Waals surface area contributed by atoms with E-state index in [0.29, 0.717) is 12.8 Å². The molecule has 0 saturated carbocycles. The third kappa shape index (κ3) is 4.56. The van der Waals surface area contributed by atoms with Crippen LogP contribution in [0.2, 0.25) is 0 Å². The summed E-state index contributed by atoms with van der Waals surface area (Å²) in [6, 6.07) is 8.93. The number of nitrogens with one attached hydrogen (secondary N) is 2. The van der Waals surface area contributed by atoms with Gasteiger partial charge in [-0.25, -0.2) is 9.59 Å². The Morgan fingerprint density at radius 2 is 1.92 bits per heavy atom. The van der Waals surface area contributed by atoms with Crippen LogP contribution in [0.3, 0.4) is 0 Å². The molecule has 2 N–H and O–H groups in total. The molecule has 1 heterocycles. The minimum absolute atomic E-state index is 0.111. The van der Waals surface area contributed by atoms with Gasteiger partial charge in [0.05, 0.1) is 6.61 Å². The summed E-state index contributed by atoms with van der Waals surface area (Å²) in [6.07, 6.45) is 0.0930. The minimum Gasteiger partial charge on any atom is -0.450 e. The Balaban J connectivity index is 1.96. The fourth-order valence-corrected chi connectivity index (χ4v) is 2.56. The van der Waals surface area contributed by atoms with Gasteiger partial charge in [0.1, 0.15) is 12.1 Å². The summed E-state index contributed by atoms with van der Waals surface area (Å²) in [5, 5.41) is 4.59. The van der Waals surface area contributed by atoms with Crippen molar-refractivity contribution in [3.8, 4) is 0 Å². The molecule has 0 aliphatic carbocycles. The van der Waals surface area contributed by atoms with E-state index in [-0.39, 0.29) is 6.61 Å².